The minimum Gasteiger partial charge on any atom is -0.508 e. The molecule has 1 heterocycles. The molecule has 5 heteroatoms. The van der Waals surface area contributed by atoms with Gasteiger partial charge >= 0.3 is 0 Å². The van der Waals surface area contributed by atoms with Crippen LogP contribution in [0.4, 0.5) is 0 Å². The van der Waals surface area contributed by atoms with Crippen LogP contribution in [0.1, 0.15) is 12.5 Å². The number of phenols is 1. The largest absolute Gasteiger partial charge is 0.508 e. The number of phenolic OH excluding ortho intramolecular Hbond substituents is 1. The average molecular weight is 240 g/mol. The highest BCUT2D eigenvalue weighted by molar-refractivity contribution is 7.95. The van der Waals surface area contributed by atoms with Crippen molar-refractivity contribution in [2.24, 2.45) is 5.92 Å². The third kappa shape index (κ3) is 1.62. The van der Waals surface area contributed by atoms with Gasteiger partial charge in [0.25, 0.3) is 0 Å². The summed E-state index contributed by atoms with van der Waals surface area (Å²) in [5.41, 5.74) is 1.16. The molecule has 1 aromatic carbocycles. The fourth-order valence-electron chi connectivity index (χ4n) is 1.76. The Morgan fingerprint density at radius 3 is 2.69 bits per heavy atom. The van der Waals surface area contributed by atoms with Gasteiger partial charge in [-0.25, -0.2) is 8.42 Å². The van der Waals surface area contributed by atoms with Gasteiger partial charge in [0.2, 0.25) is 9.84 Å². The maximum atomic E-state index is 11.8. The first-order valence-corrected chi connectivity index (χ1v) is 6.41. The molecule has 1 aliphatic rings. The van der Waals surface area contributed by atoms with Crippen LogP contribution >= 0.6 is 0 Å². The minimum atomic E-state index is -3.47. The fraction of sp³-hybridized carbons (Fsp3) is 0.273. The first kappa shape index (κ1) is 11.2. The molecule has 0 amide bonds. The van der Waals surface area contributed by atoms with Gasteiger partial charge in [-0.05, 0) is 29.3 Å². The lowest BCUT2D eigenvalue weighted by atomic mass is 9.96. The van der Waals surface area contributed by atoms with Crippen LogP contribution in [0, 0.1) is 5.92 Å². The lowest BCUT2D eigenvalue weighted by Crippen LogP contribution is -2.02. The van der Waals surface area contributed by atoms with Gasteiger partial charge in [-0.2, -0.15) is 0 Å². The highest BCUT2D eigenvalue weighted by Crippen LogP contribution is 2.38. The van der Waals surface area contributed by atoms with Gasteiger partial charge in [-0.15, -0.1) is 0 Å². The second-order valence-corrected chi connectivity index (χ2v) is 5.65. The van der Waals surface area contributed by atoms with Crippen molar-refractivity contribution in [1.29, 1.82) is 0 Å². The topological polar surface area (TPSA) is 74.6 Å². The van der Waals surface area contributed by atoms with E-state index in [-0.39, 0.29) is 23.2 Å². The van der Waals surface area contributed by atoms with Crippen molar-refractivity contribution in [3.8, 4) is 5.75 Å². The molecule has 16 heavy (non-hydrogen) atoms. The monoisotopic (exact) mass is 240 g/mol. The number of sulfone groups is 1. The van der Waals surface area contributed by atoms with Crippen LogP contribution < -0.4 is 0 Å². The number of aromatic hydroxyl groups is 1. The van der Waals surface area contributed by atoms with Crippen molar-refractivity contribution >= 4 is 15.4 Å². The van der Waals surface area contributed by atoms with Crippen LogP contribution in [0.3, 0.4) is 0 Å². The summed E-state index contributed by atoms with van der Waals surface area (Å²) in [5.74, 6) is -0.311. The summed E-state index contributed by atoms with van der Waals surface area (Å²) in [4.78, 5) is 0.114. The Bertz CT molecular complexity index is 557. The van der Waals surface area contributed by atoms with Gasteiger partial charge in [0, 0.05) is 17.9 Å². The van der Waals surface area contributed by atoms with Crippen LogP contribution in [0.15, 0.2) is 28.5 Å². The van der Waals surface area contributed by atoms with E-state index in [2.05, 4.69) is 0 Å². The van der Waals surface area contributed by atoms with E-state index in [1.807, 2.05) is 0 Å². The predicted octanol–water partition coefficient (Wildman–Crippen LogP) is 1.15. The lowest BCUT2D eigenvalue weighted by molar-refractivity contribution is 0.266. The molecule has 0 aromatic heterocycles. The molecule has 1 atom stereocenters. The molecule has 1 aliphatic heterocycles. The predicted molar refractivity (Wildman–Crippen MR) is 59.5 cm³/mol. The summed E-state index contributed by atoms with van der Waals surface area (Å²) in [6.45, 7) is 1.64. The quantitative estimate of drug-likeness (QED) is 0.813. The smallest absolute Gasteiger partial charge is 0.200 e. The van der Waals surface area contributed by atoms with Gasteiger partial charge < -0.3 is 10.2 Å². The summed E-state index contributed by atoms with van der Waals surface area (Å²) < 4.78 is 23.5. The molecule has 1 aromatic rings. The zero-order valence-corrected chi connectivity index (χ0v) is 9.53. The van der Waals surface area contributed by atoms with Gasteiger partial charge in [0.15, 0.2) is 0 Å². The Morgan fingerprint density at radius 2 is 2.06 bits per heavy atom. The molecule has 0 saturated carbocycles. The van der Waals surface area contributed by atoms with Gasteiger partial charge in [0.1, 0.15) is 5.75 Å². The van der Waals surface area contributed by atoms with Crippen molar-refractivity contribution in [1.82, 2.24) is 0 Å². The third-order valence-electron chi connectivity index (χ3n) is 2.67. The van der Waals surface area contributed by atoms with Crippen molar-refractivity contribution in [2.75, 3.05) is 6.61 Å². The number of aliphatic hydroxyl groups is 1. The zero-order valence-electron chi connectivity index (χ0n) is 8.71. The van der Waals surface area contributed by atoms with Gasteiger partial charge in [-0.3, -0.25) is 0 Å². The van der Waals surface area contributed by atoms with Gasteiger partial charge in [0.05, 0.1) is 4.90 Å². The standard InChI is InChI=1S/C11H12O4S/c1-7(5-12)10-6-16(14,15)11-4-8(13)2-3-9(10)11/h2-4,6-7,12-13H,5H2,1H3. The Hall–Kier alpha value is -1.33. The van der Waals surface area contributed by atoms with Crippen LogP contribution in [0.25, 0.3) is 5.57 Å². The summed E-state index contributed by atoms with van der Waals surface area (Å²) in [5, 5.41) is 19.5. The molecular formula is C11H12O4S. The molecule has 2 N–H and O–H groups in total. The number of aliphatic hydroxyl groups excluding tert-OH is 1. The highest BCUT2D eigenvalue weighted by Gasteiger charge is 2.29. The molecule has 0 bridgehead atoms. The molecule has 0 fully saturated rings. The van der Waals surface area contributed by atoms with Gasteiger partial charge in [-0.1, -0.05) is 6.92 Å². The molecule has 0 spiro atoms. The SMILES string of the molecule is CC(CO)C1=CS(=O)(=O)c2cc(O)ccc21. The molecule has 4 nitrogen and oxygen atoms in total. The van der Waals surface area contributed by atoms with Crippen LogP contribution in [-0.4, -0.2) is 25.2 Å². The molecule has 0 aliphatic carbocycles. The lowest BCUT2D eigenvalue weighted by Gasteiger charge is -2.10. The number of rotatable bonds is 2. The van der Waals surface area contributed by atoms with E-state index in [1.54, 1.807) is 13.0 Å². The maximum absolute atomic E-state index is 11.8. The third-order valence-corrected chi connectivity index (χ3v) is 4.18. The van der Waals surface area contributed by atoms with E-state index in [0.717, 1.165) is 5.41 Å². The molecule has 0 saturated heterocycles. The average Bonchev–Trinajstić information content (AvgIpc) is 2.50. The van der Waals surface area contributed by atoms with E-state index in [4.69, 9.17) is 5.11 Å². The zero-order chi connectivity index (χ0) is 11.9. The Balaban J connectivity index is 2.65. The number of benzene rings is 1. The summed E-state index contributed by atoms with van der Waals surface area (Å²) >= 11 is 0. The van der Waals surface area contributed by atoms with E-state index in [9.17, 15) is 13.5 Å². The molecule has 1 unspecified atom stereocenters. The normalized spacial score (nSPS) is 19.0. The van der Waals surface area contributed by atoms with Crippen molar-refractivity contribution in [2.45, 2.75) is 11.8 Å². The van der Waals surface area contributed by atoms with Crippen LogP contribution in [0.5, 0.6) is 5.75 Å². The minimum absolute atomic E-state index is 0.0753. The summed E-state index contributed by atoms with van der Waals surface area (Å²) in [7, 11) is -3.47. The van der Waals surface area contributed by atoms with E-state index in [0.29, 0.717) is 11.1 Å². The van der Waals surface area contributed by atoms with Crippen molar-refractivity contribution in [3.05, 3.63) is 29.2 Å². The first-order chi connectivity index (χ1) is 7.45. The molecular weight excluding hydrogens is 228 g/mol. The van der Waals surface area contributed by atoms with Crippen LogP contribution in [0.2, 0.25) is 0 Å². The van der Waals surface area contributed by atoms with Crippen molar-refractivity contribution < 1.29 is 18.6 Å². The second-order valence-electron chi connectivity index (χ2n) is 3.88. The molecule has 2 rings (SSSR count). The maximum Gasteiger partial charge on any atom is 0.200 e. The van der Waals surface area contributed by atoms with Crippen LogP contribution in [-0.2, 0) is 9.84 Å². The molecule has 0 radical (unpaired) electrons. The highest BCUT2D eigenvalue weighted by atomic mass is 32.2. The number of hydrogen-bond acceptors (Lipinski definition) is 4. The first-order valence-electron chi connectivity index (χ1n) is 4.86. The van der Waals surface area contributed by atoms with E-state index < -0.39 is 9.84 Å². The Labute approximate surface area is 93.8 Å². The second kappa shape index (κ2) is 3.61. The van der Waals surface area contributed by atoms with Crippen molar-refractivity contribution in [3.63, 3.8) is 0 Å². The Morgan fingerprint density at radius 1 is 1.38 bits per heavy atom. The number of hydrogen-bond donors (Lipinski definition) is 2. The Kier molecular flexibility index (Phi) is 2.52. The molecule has 86 valence electrons. The summed E-state index contributed by atoms with van der Waals surface area (Å²) in [6.07, 6.45) is 0. The van der Waals surface area contributed by atoms with E-state index in [1.165, 1.54) is 12.1 Å². The fourth-order valence-corrected chi connectivity index (χ4v) is 3.36. The van der Waals surface area contributed by atoms with E-state index >= 15 is 0 Å². The number of fused-ring (bicyclic) bond motifs is 1. The summed E-state index contributed by atoms with van der Waals surface area (Å²) in [6, 6.07) is 4.24.